The third-order valence-electron chi connectivity index (χ3n) is 3.72. The summed E-state index contributed by atoms with van der Waals surface area (Å²) in [6.45, 7) is 0.543. The fourth-order valence-electron chi connectivity index (χ4n) is 2.55. The van der Waals surface area contributed by atoms with Crippen molar-refractivity contribution in [1.82, 2.24) is 10.2 Å². The number of urea groups is 1. The summed E-state index contributed by atoms with van der Waals surface area (Å²) in [5, 5.41) is 11.9. The minimum atomic E-state index is -0.764. The van der Waals surface area contributed by atoms with Gasteiger partial charge in [0.2, 0.25) is 0 Å². The highest BCUT2D eigenvalue weighted by Gasteiger charge is 2.30. The fourth-order valence-corrected chi connectivity index (χ4v) is 2.55. The number of rotatable bonds is 4. The molecule has 2 N–H and O–H groups in total. The number of benzene rings is 1. The molecule has 0 unspecified atom stereocenters. The zero-order valence-corrected chi connectivity index (χ0v) is 11.6. The lowest BCUT2D eigenvalue weighted by Gasteiger charge is -2.21. The molecule has 1 aromatic rings. The predicted molar refractivity (Wildman–Crippen MR) is 75.2 cm³/mol. The van der Waals surface area contributed by atoms with Crippen molar-refractivity contribution in [2.75, 3.05) is 7.05 Å². The molecule has 1 aromatic carbocycles. The first kappa shape index (κ1) is 14.4. The Balaban J connectivity index is 1.81. The first-order valence-corrected chi connectivity index (χ1v) is 6.84. The number of carboxylic acid groups (broad SMARTS) is 1. The molecule has 0 aromatic heterocycles. The molecule has 0 saturated heterocycles. The highest BCUT2D eigenvalue weighted by atomic mass is 16.4. The summed E-state index contributed by atoms with van der Waals surface area (Å²) in [6, 6.07) is 9.59. The van der Waals surface area contributed by atoms with E-state index >= 15 is 0 Å². The molecule has 1 saturated carbocycles. The van der Waals surface area contributed by atoms with E-state index in [4.69, 9.17) is 5.11 Å². The number of nitrogens with one attached hydrogen (secondary N) is 1. The van der Waals surface area contributed by atoms with Gasteiger partial charge in [-0.3, -0.25) is 4.79 Å². The Labute approximate surface area is 118 Å². The van der Waals surface area contributed by atoms with Crippen LogP contribution in [0.4, 0.5) is 4.79 Å². The molecule has 108 valence electrons. The zero-order chi connectivity index (χ0) is 14.5. The van der Waals surface area contributed by atoms with E-state index in [1.807, 2.05) is 30.3 Å². The standard InChI is InChI=1S/C15H20N2O3/c1-17(10-11-5-3-2-4-6-11)15(20)16-13-8-7-12(9-13)14(18)19/h2-6,12-13H,7-10H2,1H3,(H,16,20)(H,18,19)/t12-,13+/m1/s1. The van der Waals surface area contributed by atoms with Gasteiger partial charge >= 0.3 is 12.0 Å². The van der Waals surface area contributed by atoms with Gasteiger partial charge in [-0.15, -0.1) is 0 Å². The number of carboxylic acids is 1. The molecule has 5 heteroatoms. The van der Waals surface area contributed by atoms with Gasteiger partial charge in [-0.05, 0) is 24.8 Å². The van der Waals surface area contributed by atoms with Crippen LogP contribution in [0, 0.1) is 5.92 Å². The number of amides is 2. The van der Waals surface area contributed by atoms with Crippen LogP contribution >= 0.6 is 0 Å². The SMILES string of the molecule is CN(Cc1ccccc1)C(=O)N[C@H]1CC[C@@H](C(=O)O)C1. The van der Waals surface area contributed by atoms with E-state index < -0.39 is 5.97 Å². The van der Waals surface area contributed by atoms with Crippen molar-refractivity contribution in [2.45, 2.75) is 31.8 Å². The summed E-state index contributed by atoms with van der Waals surface area (Å²) >= 11 is 0. The second-order valence-electron chi connectivity index (χ2n) is 5.34. The maximum atomic E-state index is 12.0. The lowest BCUT2D eigenvalue weighted by atomic mass is 10.1. The molecule has 0 aliphatic heterocycles. The summed E-state index contributed by atoms with van der Waals surface area (Å²) in [5.41, 5.74) is 1.07. The molecular weight excluding hydrogens is 256 g/mol. The van der Waals surface area contributed by atoms with E-state index in [-0.39, 0.29) is 18.0 Å². The number of nitrogens with zero attached hydrogens (tertiary/aromatic N) is 1. The van der Waals surface area contributed by atoms with Crippen LogP contribution in [-0.4, -0.2) is 35.1 Å². The van der Waals surface area contributed by atoms with Gasteiger partial charge in [0, 0.05) is 19.6 Å². The summed E-state index contributed by atoms with van der Waals surface area (Å²) in [5.74, 6) is -1.08. The first-order valence-electron chi connectivity index (χ1n) is 6.84. The van der Waals surface area contributed by atoms with Crippen LogP contribution in [0.3, 0.4) is 0 Å². The van der Waals surface area contributed by atoms with E-state index in [2.05, 4.69) is 5.32 Å². The Morgan fingerprint density at radius 2 is 2.00 bits per heavy atom. The lowest BCUT2D eigenvalue weighted by molar-refractivity contribution is -0.141. The normalized spacial score (nSPS) is 21.4. The first-order chi connectivity index (χ1) is 9.56. The molecule has 20 heavy (non-hydrogen) atoms. The number of hydrogen-bond acceptors (Lipinski definition) is 2. The van der Waals surface area contributed by atoms with Gasteiger partial charge in [-0.2, -0.15) is 0 Å². The molecule has 0 spiro atoms. The molecule has 0 bridgehead atoms. The van der Waals surface area contributed by atoms with Crippen molar-refractivity contribution >= 4 is 12.0 Å². The van der Waals surface area contributed by atoms with E-state index in [0.29, 0.717) is 19.4 Å². The largest absolute Gasteiger partial charge is 0.481 e. The van der Waals surface area contributed by atoms with Crippen molar-refractivity contribution in [2.24, 2.45) is 5.92 Å². The van der Waals surface area contributed by atoms with Gasteiger partial charge in [0.1, 0.15) is 0 Å². The van der Waals surface area contributed by atoms with Gasteiger partial charge in [0.15, 0.2) is 0 Å². The molecule has 2 amide bonds. The van der Waals surface area contributed by atoms with Crippen LogP contribution in [0.5, 0.6) is 0 Å². The van der Waals surface area contributed by atoms with Gasteiger partial charge in [-0.25, -0.2) is 4.79 Å². The molecule has 2 rings (SSSR count). The quantitative estimate of drug-likeness (QED) is 0.884. The van der Waals surface area contributed by atoms with Crippen LogP contribution in [0.15, 0.2) is 30.3 Å². The summed E-state index contributed by atoms with van der Waals surface area (Å²) < 4.78 is 0. The van der Waals surface area contributed by atoms with Crippen molar-refractivity contribution in [3.8, 4) is 0 Å². The van der Waals surface area contributed by atoms with Gasteiger partial charge in [0.05, 0.1) is 5.92 Å². The molecule has 0 radical (unpaired) electrons. The monoisotopic (exact) mass is 276 g/mol. The smallest absolute Gasteiger partial charge is 0.317 e. The van der Waals surface area contributed by atoms with E-state index in [0.717, 1.165) is 12.0 Å². The second-order valence-corrected chi connectivity index (χ2v) is 5.34. The van der Waals surface area contributed by atoms with Crippen LogP contribution < -0.4 is 5.32 Å². The highest BCUT2D eigenvalue weighted by molar-refractivity contribution is 5.75. The number of carbonyl (C=O) groups is 2. The Hall–Kier alpha value is -2.04. The predicted octanol–water partition coefficient (Wildman–Crippen LogP) is 2.08. The van der Waals surface area contributed by atoms with E-state index in [1.54, 1.807) is 11.9 Å². The second kappa shape index (κ2) is 6.41. The average Bonchev–Trinajstić information content (AvgIpc) is 2.88. The van der Waals surface area contributed by atoms with E-state index in [9.17, 15) is 9.59 Å². The van der Waals surface area contributed by atoms with Crippen LogP contribution in [0.2, 0.25) is 0 Å². The minimum absolute atomic E-state index is 0.0261. The third-order valence-corrected chi connectivity index (χ3v) is 3.72. The molecule has 1 fully saturated rings. The average molecular weight is 276 g/mol. The van der Waals surface area contributed by atoms with Crippen molar-refractivity contribution in [1.29, 1.82) is 0 Å². The lowest BCUT2D eigenvalue weighted by Crippen LogP contribution is -2.41. The molecule has 5 nitrogen and oxygen atoms in total. The number of hydrogen-bond donors (Lipinski definition) is 2. The Morgan fingerprint density at radius 1 is 1.30 bits per heavy atom. The zero-order valence-electron chi connectivity index (χ0n) is 11.6. The maximum absolute atomic E-state index is 12.0. The summed E-state index contributed by atoms with van der Waals surface area (Å²) in [4.78, 5) is 24.5. The van der Waals surface area contributed by atoms with Gasteiger partial charge < -0.3 is 15.3 Å². The third kappa shape index (κ3) is 3.73. The van der Waals surface area contributed by atoms with Crippen LogP contribution in [0.25, 0.3) is 0 Å². The maximum Gasteiger partial charge on any atom is 0.317 e. The van der Waals surface area contributed by atoms with Crippen LogP contribution in [-0.2, 0) is 11.3 Å². The molecular formula is C15H20N2O3. The molecule has 1 aliphatic rings. The number of aliphatic carboxylic acids is 1. The van der Waals surface area contributed by atoms with Gasteiger partial charge in [-0.1, -0.05) is 30.3 Å². The topological polar surface area (TPSA) is 69.6 Å². The van der Waals surface area contributed by atoms with Crippen molar-refractivity contribution in [3.63, 3.8) is 0 Å². The Kier molecular flexibility index (Phi) is 4.61. The highest BCUT2D eigenvalue weighted by Crippen LogP contribution is 2.25. The van der Waals surface area contributed by atoms with Crippen LogP contribution in [0.1, 0.15) is 24.8 Å². The van der Waals surface area contributed by atoms with Crippen molar-refractivity contribution < 1.29 is 14.7 Å². The van der Waals surface area contributed by atoms with Crippen molar-refractivity contribution in [3.05, 3.63) is 35.9 Å². The Morgan fingerprint density at radius 3 is 2.60 bits per heavy atom. The molecule has 1 aliphatic carbocycles. The molecule has 0 heterocycles. The van der Waals surface area contributed by atoms with Gasteiger partial charge in [0.25, 0.3) is 0 Å². The fraction of sp³-hybridized carbons (Fsp3) is 0.467. The summed E-state index contributed by atoms with van der Waals surface area (Å²) in [7, 11) is 1.74. The Bertz CT molecular complexity index is 475. The minimum Gasteiger partial charge on any atom is -0.481 e. The summed E-state index contributed by atoms with van der Waals surface area (Å²) in [6.07, 6.45) is 1.91. The molecule has 2 atom stereocenters. The van der Waals surface area contributed by atoms with E-state index in [1.165, 1.54) is 0 Å². The number of carbonyl (C=O) groups excluding carboxylic acids is 1.